The van der Waals surface area contributed by atoms with Gasteiger partial charge in [-0.05, 0) is 0 Å². The van der Waals surface area contributed by atoms with Crippen molar-refractivity contribution in [2.24, 2.45) is 7.05 Å². The van der Waals surface area contributed by atoms with Crippen LogP contribution in [-0.2, 0) is 7.05 Å². The van der Waals surface area contributed by atoms with E-state index in [-0.39, 0.29) is 5.56 Å². The quantitative estimate of drug-likeness (QED) is 0.544. The molecule has 0 fully saturated rings. The Kier molecular flexibility index (Phi) is 1.13. The highest BCUT2D eigenvalue weighted by molar-refractivity contribution is 6.29. The van der Waals surface area contributed by atoms with Gasteiger partial charge >= 0.3 is 0 Å². The summed E-state index contributed by atoms with van der Waals surface area (Å²) in [5.74, 6) is 0. The third kappa shape index (κ3) is 0.767. The molecule has 3 nitrogen and oxygen atoms in total. The van der Waals surface area contributed by atoms with Crippen molar-refractivity contribution in [1.29, 1.82) is 0 Å². The van der Waals surface area contributed by atoms with Crippen LogP contribution in [0.4, 0.5) is 0 Å². The predicted molar refractivity (Wildman–Crippen MR) is 31.0 cm³/mol. The predicted octanol–water partition coefficient (Wildman–Crippen LogP) is 0.367. The summed E-state index contributed by atoms with van der Waals surface area (Å²) in [6.45, 7) is 0. The molecular weight excluding hydrogens is 128 g/mol. The molecular formula is C4H5ClN2O. The van der Waals surface area contributed by atoms with Crippen LogP contribution < -0.4 is 5.56 Å². The van der Waals surface area contributed by atoms with Crippen LogP contribution >= 0.6 is 11.6 Å². The van der Waals surface area contributed by atoms with Crippen molar-refractivity contribution < 1.29 is 0 Å². The van der Waals surface area contributed by atoms with E-state index in [1.807, 2.05) is 0 Å². The second kappa shape index (κ2) is 1.67. The maximum Gasteiger partial charge on any atom is 0.265 e. The van der Waals surface area contributed by atoms with Gasteiger partial charge in [0.1, 0.15) is 5.15 Å². The largest absolute Gasteiger partial charge is 0.277 e. The van der Waals surface area contributed by atoms with Gasteiger partial charge in [-0.3, -0.25) is 14.6 Å². The molecule has 0 aliphatic rings. The summed E-state index contributed by atoms with van der Waals surface area (Å²) in [6.07, 6.45) is 0. The van der Waals surface area contributed by atoms with Gasteiger partial charge in [-0.25, -0.2) is 0 Å². The minimum Gasteiger partial charge on any atom is -0.277 e. The first-order valence-corrected chi connectivity index (χ1v) is 2.49. The molecule has 0 saturated heterocycles. The monoisotopic (exact) mass is 132 g/mol. The number of rotatable bonds is 0. The van der Waals surface area contributed by atoms with Crippen molar-refractivity contribution in [2.75, 3.05) is 0 Å². The lowest BCUT2D eigenvalue weighted by molar-refractivity contribution is 0.757. The van der Waals surface area contributed by atoms with Crippen LogP contribution in [0.3, 0.4) is 0 Å². The summed E-state index contributed by atoms with van der Waals surface area (Å²) < 4.78 is 1.45. The van der Waals surface area contributed by atoms with E-state index in [1.54, 1.807) is 7.05 Å². The normalized spacial score (nSPS) is 9.75. The zero-order valence-corrected chi connectivity index (χ0v) is 5.07. The molecule has 0 aromatic carbocycles. The lowest BCUT2D eigenvalue weighted by atomic mass is 10.7. The molecule has 1 rings (SSSR count). The van der Waals surface area contributed by atoms with Crippen molar-refractivity contribution >= 4 is 11.6 Å². The van der Waals surface area contributed by atoms with E-state index in [9.17, 15) is 4.79 Å². The van der Waals surface area contributed by atoms with E-state index >= 15 is 0 Å². The van der Waals surface area contributed by atoms with Gasteiger partial charge in [-0.15, -0.1) is 0 Å². The number of aryl methyl sites for hydroxylation is 1. The second-order valence-electron chi connectivity index (χ2n) is 1.50. The highest BCUT2D eigenvalue weighted by Crippen LogP contribution is 1.98. The fourth-order valence-corrected chi connectivity index (χ4v) is 0.597. The minimum absolute atomic E-state index is 0.169. The van der Waals surface area contributed by atoms with Crippen molar-refractivity contribution in [3.05, 3.63) is 21.6 Å². The molecule has 0 spiro atoms. The number of hydrogen-bond donors (Lipinski definition) is 1. The summed E-state index contributed by atoms with van der Waals surface area (Å²) in [6, 6.07) is 1.32. The van der Waals surface area contributed by atoms with E-state index in [4.69, 9.17) is 11.6 Å². The third-order valence-corrected chi connectivity index (χ3v) is 1.21. The molecule has 0 unspecified atom stereocenters. The fourth-order valence-electron chi connectivity index (χ4n) is 0.456. The molecule has 1 aromatic heterocycles. The van der Waals surface area contributed by atoms with Crippen molar-refractivity contribution in [3.63, 3.8) is 0 Å². The topological polar surface area (TPSA) is 37.8 Å². The molecule has 44 valence electrons. The third-order valence-electron chi connectivity index (χ3n) is 0.849. The molecule has 1 aromatic rings. The van der Waals surface area contributed by atoms with Gasteiger partial charge in [0.25, 0.3) is 5.56 Å². The highest BCUT2D eigenvalue weighted by atomic mass is 35.5. The van der Waals surface area contributed by atoms with Gasteiger partial charge in [0.15, 0.2) is 0 Å². The zero-order chi connectivity index (χ0) is 6.15. The average Bonchev–Trinajstić information content (AvgIpc) is 1.85. The van der Waals surface area contributed by atoms with Crippen LogP contribution in [0.25, 0.3) is 0 Å². The van der Waals surface area contributed by atoms with Crippen molar-refractivity contribution in [2.45, 2.75) is 0 Å². The number of H-pyrrole nitrogens is 1. The van der Waals surface area contributed by atoms with Crippen molar-refractivity contribution in [3.8, 4) is 0 Å². The first kappa shape index (κ1) is 5.44. The molecule has 4 heteroatoms. The molecule has 0 aliphatic carbocycles. The Balaban J connectivity index is 3.35. The SMILES string of the molecule is Cn1[nH]c(=O)cc1Cl. The number of halogens is 1. The maximum absolute atomic E-state index is 10.4. The highest BCUT2D eigenvalue weighted by Gasteiger charge is 1.92. The van der Waals surface area contributed by atoms with Crippen LogP contribution in [0.1, 0.15) is 0 Å². The van der Waals surface area contributed by atoms with Crippen LogP contribution in [0.2, 0.25) is 5.15 Å². The van der Waals surface area contributed by atoms with Gasteiger partial charge in [0.2, 0.25) is 0 Å². The summed E-state index contributed by atoms with van der Waals surface area (Å²) in [4.78, 5) is 10.4. The van der Waals surface area contributed by atoms with Crippen molar-refractivity contribution in [1.82, 2.24) is 9.78 Å². The maximum atomic E-state index is 10.4. The molecule has 8 heavy (non-hydrogen) atoms. The summed E-state index contributed by atoms with van der Waals surface area (Å²) in [5, 5.41) is 2.86. The zero-order valence-electron chi connectivity index (χ0n) is 4.31. The van der Waals surface area contributed by atoms with Gasteiger partial charge < -0.3 is 0 Å². The van der Waals surface area contributed by atoms with Crippen LogP contribution in [-0.4, -0.2) is 9.78 Å². The molecule has 0 radical (unpaired) electrons. The molecule has 0 bridgehead atoms. The lowest BCUT2D eigenvalue weighted by Crippen LogP contribution is -2.00. The van der Waals surface area contributed by atoms with Crippen LogP contribution in [0.5, 0.6) is 0 Å². The first-order chi connectivity index (χ1) is 3.70. The standard InChI is InChI=1S/C4H5ClN2O/c1-7-3(5)2-4(8)6-7/h2H,1H3,(H,6,8). The number of nitrogens with zero attached hydrogens (tertiary/aromatic N) is 1. The molecule has 0 amide bonds. The lowest BCUT2D eigenvalue weighted by Gasteiger charge is -1.86. The number of aromatic amines is 1. The minimum atomic E-state index is -0.169. The Morgan fingerprint density at radius 1 is 1.88 bits per heavy atom. The Morgan fingerprint density at radius 3 is 2.62 bits per heavy atom. The van der Waals surface area contributed by atoms with Crippen LogP contribution in [0, 0.1) is 0 Å². The second-order valence-corrected chi connectivity index (χ2v) is 1.89. The fraction of sp³-hybridized carbons (Fsp3) is 0.250. The summed E-state index contributed by atoms with van der Waals surface area (Å²) in [5.41, 5.74) is -0.169. The molecule has 1 heterocycles. The Labute approximate surface area is 50.9 Å². The first-order valence-electron chi connectivity index (χ1n) is 2.11. The number of nitrogens with one attached hydrogen (secondary N) is 1. The van der Waals surface area contributed by atoms with Gasteiger partial charge in [0.05, 0.1) is 0 Å². The van der Waals surface area contributed by atoms with Gasteiger partial charge in [0, 0.05) is 13.1 Å². The van der Waals surface area contributed by atoms with Gasteiger partial charge in [-0.2, -0.15) is 0 Å². The summed E-state index contributed by atoms with van der Waals surface area (Å²) >= 11 is 5.46. The molecule has 1 N–H and O–H groups in total. The number of aromatic nitrogens is 2. The molecule has 0 aliphatic heterocycles. The number of hydrogen-bond acceptors (Lipinski definition) is 1. The van der Waals surface area contributed by atoms with E-state index < -0.39 is 0 Å². The van der Waals surface area contributed by atoms with Crippen LogP contribution in [0.15, 0.2) is 10.9 Å². The molecule has 0 atom stereocenters. The van der Waals surface area contributed by atoms with Gasteiger partial charge in [-0.1, -0.05) is 11.6 Å². The smallest absolute Gasteiger partial charge is 0.265 e. The summed E-state index contributed by atoms with van der Waals surface area (Å²) in [7, 11) is 1.67. The van der Waals surface area contributed by atoms with E-state index in [0.717, 1.165) is 0 Å². The van der Waals surface area contributed by atoms with E-state index in [2.05, 4.69) is 5.10 Å². The Bertz CT molecular complexity index is 214. The Hall–Kier alpha value is -0.700. The van der Waals surface area contributed by atoms with E-state index in [0.29, 0.717) is 5.15 Å². The Morgan fingerprint density at radius 2 is 2.50 bits per heavy atom. The molecule has 0 saturated carbocycles. The van der Waals surface area contributed by atoms with E-state index in [1.165, 1.54) is 10.7 Å². The average molecular weight is 133 g/mol.